The zero-order valence-electron chi connectivity index (χ0n) is 8.35. The molecule has 0 bridgehead atoms. The molecule has 1 aromatic rings. The third-order valence-corrected chi connectivity index (χ3v) is 3.25. The summed E-state index contributed by atoms with van der Waals surface area (Å²) in [6.45, 7) is 1.19. The fourth-order valence-corrected chi connectivity index (χ4v) is 2.16. The molecule has 86 valence electrons. The van der Waals surface area contributed by atoms with Crippen molar-refractivity contribution in [2.75, 3.05) is 6.54 Å². The smallest absolute Gasteiger partial charge is 0.371 e. The van der Waals surface area contributed by atoms with Crippen LogP contribution in [0.4, 0.5) is 0 Å². The normalized spacial score (nSPS) is 11.0. The van der Waals surface area contributed by atoms with E-state index >= 15 is 0 Å². The first-order valence-corrected chi connectivity index (χ1v) is 5.63. The van der Waals surface area contributed by atoms with Crippen LogP contribution in [0.5, 0.6) is 0 Å². The highest BCUT2D eigenvalue weighted by molar-refractivity contribution is 7.89. The summed E-state index contributed by atoms with van der Waals surface area (Å²) in [5, 5.41) is 8.62. The number of carbonyl (C=O) groups is 1. The summed E-state index contributed by atoms with van der Waals surface area (Å²) in [6.07, 6.45) is 4.91. The van der Waals surface area contributed by atoms with Gasteiger partial charge in [-0.15, -0.1) is 6.42 Å². The van der Waals surface area contributed by atoms with E-state index in [1.54, 1.807) is 0 Å². The number of terminal acetylenes is 1. The summed E-state index contributed by atoms with van der Waals surface area (Å²) in [4.78, 5) is 10.3. The molecule has 7 heteroatoms. The largest absolute Gasteiger partial charge is 0.475 e. The SMILES string of the molecule is C#CCNS(=O)(=O)c1cc(C(=O)O)oc1C. The Labute approximate surface area is 92.3 Å². The number of aryl methyl sites for hydroxylation is 1. The van der Waals surface area contributed by atoms with Gasteiger partial charge in [0.05, 0.1) is 6.54 Å². The van der Waals surface area contributed by atoms with Gasteiger partial charge in [-0.2, -0.15) is 4.72 Å². The van der Waals surface area contributed by atoms with E-state index in [0.717, 1.165) is 6.07 Å². The molecule has 1 rings (SSSR count). The second-order valence-electron chi connectivity index (χ2n) is 2.86. The lowest BCUT2D eigenvalue weighted by Crippen LogP contribution is -2.24. The van der Waals surface area contributed by atoms with Gasteiger partial charge >= 0.3 is 5.97 Å². The highest BCUT2D eigenvalue weighted by atomic mass is 32.2. The van der Waals surface area contributed by atoms with Crippen molar-refractivity contribution >= 4 is 16.0 Å². The summed E-state index contributed by atoms with van der Waals surface area (Å²) in [6, 6.07) is 0.941. The van der Waals surface area contributed by atoms with Gasteiger partial charge in [0.1, 0.15) is 10.7 Å². The fraction of sp³-hybridized carbons (Fsp3) is 0.222. The number of carboxylic acids is 1. The van der Waals surface area contributed by atoms with Crippen molar-refractivity contribution in [3.8, 4) is 12.3 Å². The molecule has 0 saturated carbocycles. The number of aromatic carboxylic acids is 1. The van der Waals surface area contributed by atoms with Crippen LogP contribution in [0.3, 0.4) is 0 Å². The van der Waals surface area contributed by atoms with Crippen LogP contribution in [0.2, 0.25) is 0 Å². The maximum absolute atomic E-state index is 11.6. The maximum Gasteiger partial charge on any atom is 0.371 e. The first-order chi connectivity index (χ1) is 7.38. The molecule has 0 aliphatic rings. The van der Waals surface area contributed by atoms with Crippen molar-refractivity contribution < 1.29 is 22.7 Å². The van der Waals surface area contributed by atoms with Gasteiger partial charge in [0.15, 0.2) is 0 Å². The molecule has 0 spiro atoms. The molecule has 0 saturated heterocycles. The lowest BCUT2D eigenvalue weighted by atomic mass is 10.4. The van der Waals surface area contributed by atoms with Gasteiger partial charge in [-0.3, -0.25) is 0 Å². The van der Waals surface area contributed by atoms with Gasteiger partial charge in [-0.25, -0.2) is 13.2 Å². The van der Waals surface area contributed by atoms with Crippen molar-refractivity contribution in [2.45, 2.75) is 11.8 Å². The predicted molar refractivity (Wildman–Crippen MR) is 54.4 cm³/mol. The average Bonchev–Trinajstić information content (AvgIpc) is 2.58. The Morgan fingerprint density at radius 1 is 1.69 bits per heavy atom. The van der Waals surface area contributed by atoms with Gasteiger partial charge in [0.25, 0.3) is 0 Å². The summed E-state index contributed by atoms with van der Waals surface area (Å²) in [5.74, 6) is 0.343. The number of sulfonamides is 1. The molecular weight excluding hydrogens is 234 g/mol. The number of hydrogen-bond donors (Lipinski definition) is 2. The zero-order valence-corrected chi connectivity index (χ0v) is 9.17. The molecule has 0 aromatic carbocycles. The van der Waals surface area contributed by atoms with Crippen LogP contribution in [0, 0.1) is 19.3 Å². The third-order valence-electron chi connectivity index (χ3n) is 1.74. The summed E-state index contributed by atoms with van der Waals surface area (Å²) in [5.41, 5.74) is 0. The Hall–Kier alpha value is -1.78. The van der Waals surface area contributed by atoms with E-state index < -0.39 is 21.8 Å². The van der Waals surface area contributed by atoms with E-state index in [4.69, 9.17) is 15.9 Å². The highest BCUT2D eigenvalue weighted by Crippen LogP contribution is 2.19. The number of furan rings is 1. The molecule has 0 fully saturated rings. The minimum atomic E-state index is -3.82. The molecule has 0 unspecified atom stereocenters. The van der Waals surface area contributed by atoms with Crippen LogP contribution in [0.15, 0.2) is 15.4 Å². The molecule has 1 heterocycles. The lowest BCUT2D eigenvalue weighted by molar-refractivity contribution is 0.0661. The molecular formula is C9H9NO5S. The van der Waals surface area contributed by atoms with E-state index in [-0.39, 0.29) is 17.2 Å². The first-order valence-electron chi connectivity index (χ1n) is 4.15. The highest BCUT2D eigenvalue weighted by Gasteiger charge is 2.23. The van der Waals surface area contributed by atoms with Crippen LogP contribution < -0.4 is 4.72 Å². The maximum atomic E-state index is 11.6. The minimum Gasteiger partial charge on any atom is -0.475 e. The van der Waals surface area contributed by atoms with Crippen molar-refractivity contribution in [2.24, 2.45) is 0 Å². The van der Waals surface area contributed by atoms with Gasteiger partial charge < -0.3 is 9.52 Å². The standard InChI is InChI=1S/C9H9NO5S/c1-3-4-10-16(13,14)8-5-7(9(11)12)15-6(8)2/h1,5,10H,4H2,2H3,(H,11,12). The second-order valence-corrected chi connectivity index (χ2v) is 4.60. The van der Waals surface area contributed by atoms with E-state index in [1.807, 2.05) is 0 Å². The lowest BCUT2D eigenvalue weighted by Gasteiger charge is -2.00. The van der Waals surface area contributed by atoms with E-state index in [0.29, 0.717) is 0 Å². The quantitative estimate of drug-likeness (QED) is 0.736. The molecule has 0 amide bonds. The van der Waals surface area contributed by atoms with Crippen molar-refractivity contribution in [3.05, 3.63) is 17.6 Å². The van der Waals surface area contributed by atoms with E-state index in [1.165, 1.54) is 6.92 Å². The number of hydrogen-bond acceptors (Lipinski definition) is 4. The number of rotatable bonds is 4. The van der Waals surface area contributed by atoms with Crippen LogP contribution >= 0.6 is 0 Å². The zero-order chi connectivity index (χ0) is 12.3. The van der Waals surface area contributed by atoms with E-state index in [9.17, 15) is 13.2 Å². The molecule has 0 radical (unpaired) electrons. The molecule has 6 nitrogen and oxygen atoms in total. The van der Waals surface area contributed by atoms with E-state index in [2.05, 4.69) is 10.6 Å². The number of nitrogens with one attached hydrogen (secondary N) is 1. The third kappa shape index (κ3) is 2.42. The van der Waals surface area contributed by atoms with Crippen LogP contribution in [-0.2, 0) is 10.0 Å². The Morgan fingerprint density at radius 3 is 2.75 bits per heavy atom. The van der Waals surface area contributed by atoms with Crippen LogP contribution in [0.1, 0.15) is 16.3 Å². The summed E-state index contributed by atoms with van der Waals surface area (Å²) >= 11 is 0. The molecule has 16 heavy (non-hydrogen) atoms. The molecule has 2 N–H and O–H groups in total. The Kier molecular flexibility index (Phi) is 3.37. The Morgan fingerprint density at radius 2 is 2.31 bits per heavy atom. The van der Waals surface area contributed by atoms with Gasteiger partial charge in [-0.1, -0.05) is 5.92 Å². The Bertz CT molecular complexity index is 549. The van der Waals surface area contributed by atoms with Gasteiger partial charge in [0, 0.05) is 6.07 Å². The molecule has 0 atom stereocenters. The molecule has 0 aliphatic carbocycles. The van der Waals surface area contributed by atoms with Crippen molar-refractivity contribution in [1.29, 1.82) is 0 Å². The topological polar surface area (TPSA) is 96.6 Å². The molecule has 0 aliphatic heterocycles. The summed E-state index contributed by atoms with van der Waals surface area (Å²) < 4.78 is 30.0. The number of carboxylic acid groups (broad SMARTS) is 1. The van der Waals surface area contributed by atoms with Crippen LogP contribution in [-0.4, -0.2) is 26.0 Å². The Balaban J connectivity index is 3.14. The average molecular weight is 243 g/mol. The minimum absolute atomic E-state index is 0.00178. The fourth-order valence-electron chi connectivity index (χ4n) is 1.05. The van der Waals surface area contributed by atoms with Gasteiger partial charge in [0.2, 0.25) is 15.8 Å². The van der Waals surface area contributed by atoms with Gasteiger partial charge in [-0.05, 0) is 6.92 Å². The first kappa shape index (κ1) is 12.3. The summed E-state index contributed by atoms with van der Waals surface area (Å²) in [7, 11) is -3.82. The van der Waals surface area contributed by atoms with Crippen LogP contribution in [0.25, 0.3) is 0 Å². The molecule has 1 aromatic heterocycles. The van der Waals surface area contributed by atoms with Crippen molar-refractivity contribution in [3.63, 3.8) is 0 Å². The predicted octanol–water partition coefficient (Wildman–Crippen LogP) is 0.198. The second kappa shape index (κ2) is 4.38. The van der Waals surface area contributed by atoms with Crippen molar-refractivity contribution in [1.82, 2.24) is 4.72 Å². The monoisotopic (exact) mass is 243 g/mol.